The summed E-state index contributed by atoms with van der Waals surface area (Å²) in [6.45, 7) is 5.61. The van der Waals surface area contributed by atoms with Crippen molar-refractivity contribution in [2.45, 2.75) is 19.4 Å². The molecule has 3 heterocycles. The highest BCUT2D eigenvalue weighted by Crippen LogP contribution is 2.20. The Balaban J connectivity index is 0.00000150. The molecule has 1 N–H and O–H groups in total. The minimum atomic E-state index is 0. The number of carbonyl (C=O) groups excluding carboxylic acids is 1. The summed E-state index contributed by atoms with van der Waals surface area (Å²) in [5.74, 6) is 1.60. The van der Waals surface area contributed by atoms with Gasteiger partial charge in [0.2, 0.25) is 17.6 Å². The first-order valence-electron chi connectivity index (χ1n) is 9.49. The van der Waals surface area contributed by atoms with E-state index in [1.807, 2.05) is 29.2 Å². The minimum Gasteiger partial charge on any atom is -0.340 e. The van der Waals surface area contributed by atoms with Crippen LogP contribution >= 0.6 is 36.4 Å². The Kier molecular flexibility index (Phi) is 9.17. The molecule has 0 saturated carbocycles. The SMILES string of the molecule is Cl.Cl.O=C(C1CCCNC1)N1CCN(Cc2nc(-c3ccc(Cl)cc3)no2)CC1. The summed E-state index contributed by atoms with van der Waals surface area (Å²) in [5, 5.41) is 8.06. The summed E-state index contributed by atoms with van der Waals surface area (Å²) >= 11 is 5.91. The molecule has 2 aromatic rings. The van der Waals surface area contributed by atoms with Gasteiger partial charge in [0.05, 0.1) is 12.5 Å². The molecule has 0 radical (unpaired) electrons. The van der Waals surface area contributed by atoms with Crippen LogP contribution in [0.1, 0.15) is 18.7 Å². The smallest absolute Gasteiger partial charge is 0.241 e. The van der Waals surface area contributed by atoms with Gasteiger partial charge in [-0.1, -0.05) is 16.8 Å². The minimum absolute atomic E-state index is 0. The number of amides is 1. The molecule has 1 unspecified atom stereocenters. The average molecular weight is 463 g/mol. The monoisotopic (exact) mass is 461 g/mol. The number of rotatable bonds is 4. The summed E-state index contributed by atoms with van der Waals surface area (Å²) < 4.78 is 5.40. The fourth-order valence-electron chi connectivity index (χ4n) is 3.67. The predicted molar refractivity (Wildman–Crippen MR) is 117 cm³/mol. The quantitative estimate of drug-likeness (QED) is 0.753. The van der Waals surface area contributed by atoms with Crippen molar-refractivity contribution in [2.75, 3.05) is 39.3 Å². The maximum Gasteiger partial charge on any atom is 0.241 e. The van der Waals surface area contributed by atoms with E-state index in [4.69, 9.17) is 16.1 Å². The number of carbonyl (C=O) groups is 1. The zero-order valence-electron chi connectivity index (χ0n) is 16.1. The van der Waals surface area contributed by atoms with Crippen LogP contribution in [0.2, 0.25) is 5.02 Å². The first kappa shape index (κ1) is 23.9. The molecule has 4 rings (SSSR count). The Bertz CT molecular complexity index is 772. The van der Waals surface area contributed by atoms with Gasteiger partial charge < -0.3 is 14.7 Å². The molecule has 1 aromatic carbocycles. The first-order valence-corrected chi connectivity index (χ1v) is 9.87. The number of aromatic nitrogens is 2. The van der Waals surface area contributed by atoms with Crippen molar-refractivity contribution in [3.05, 3.63) is 35.2 Å². The van der Waals surface area contributed by atoms with E-state index in [-0.39, 0.29) is 30.7 Å². The summed E-state index contributed by atoms with van der Waals surface area (Å²) in [7, 11) is 0. The summed E-state index contributed by atoms with van der Waals surface area (Å²) in [6, 6.07) is 7.37. The molecule has 7 nitrogen and oxygen atoms in total. The van der Waals surface area contributed by atoms with Crippen LogP contribution in [0.15, 0.2) is 28.8 Å². The molecule has 1 atom stereocenters. The molecule has 2 fully saturated rings. The van der Waals surface area contributed by atoms with E-state index >= 15 is 0 Å². The number of benzene rings is 1. The Morgan fingerprint density at radius 1 is 1.17 bits per heavy atom. The van der Waals surface area contributed by atoms with Crippen molar-refractivity contribution in [1.82, 2.24) is 25.3 Å². The van der Waals surface area contributed by atoms with Crippen LogP contribution in [0.25, 0.3) is 11.4 Å². The van der Waals surface area contributed by atoms with Crippen molar-refractivity contribution >= 4 is 42.3 Å². The van der Waals surface area contributed by atoms with Crippen molar-refractivity contribution in [3.63, 3.8) is 0 Å². The molecule has 1 amide bonds. The molecule has 2 saturated heterocycles. The molecule has 29 heavy (non-hydrogen) atoms. The van der Waals surface area contributed by atoms with E-state index in [9.17, 15) is 4.79 Å². The van der Waals surface area contributed by atoms with Gasteiger partial charge in [0.25, 0.3) is 0 Å². The second-order valence-corrected chi connectivity index (χ2v) is 7.60. The number of hydrogen-bond acceptors (Lipinski definition) is 6. The molecular formula is C19H26Cl3N5O2. The van der Waals surface area contributed by atoms with Gasteiger partial charge in [0, 0.05) is 43.3 Å². The van der Waals surface area contributed by atoms with Crippen molar-refractivity contribution in [1.29, 1.82) is 0 Å². The van der Waals surface area contributed by atoms with E-state index < -0.39 is 0 Å². The fraction of sp³-hybridized carbons (Fsp3) is 0.526. The second kappa shape index (κ2) is 11.1. The van der Waals surface area contributed by atoms with Gasteiger partial charge in [-0.3, -0.25) is 9.69 Å². The van der Waals surface area contributed by atoms with Crippen LogP contribution in [0.3, 0.4) is 0 Å². The number of nitrogens with one attached hydrogen (secondary N) is 1. The maximum atomic E-state index is 12.6. The predicted octanol–water partition coefficient (Wildman–Crippen LogP) is 2.88. The number of nitrogens with zero attached hydrogens (tertiary/aromatic N) is 4. The van der Waals surface area contributed by atoms with Gasteiger partial charge in [0.1, 0.15) is 0 Å². The van der Waals surface area contributed by atoms with E-state index in [0.717, 1.165) is 57.7 Å². The highest BCUT2D eigenvalue weighted by atomic mass is 35.5. The van der Waals surface area contributed by atoms with E-state index in [2.05, 4.69) is 20.4 Å². The van der Waals surface area contributed by atoms with Crippen LogP contribution in [-0.2, 0) is 11.3 Å². The van der Waals surface area contributed by atoms with E-state index in [1.54, 1.807) is 0 Å². The Hall–Kier alpha value is -1.38. The van der Waals surface area contributed by atoms with Crippen LogP contribution < -0.4 is 5.32 Å². The number of hydrogen-bond donors (Lipinski definition) is 1. The number of halogens is 3. The topological polar surface area (TPSA) is 74.5 Å². The van der Waals surface area contributed by atoms with Crippen LogP contribution in [0.5, 0.6) is 0 Å². The zero-order valence-corrected chi connectivity index (χ0v) is 18.4. The Morgan fingerprint density at radius 2 is 1.90 bits per heavy atom. The Morgan fingerprint density at radius 3 is 2.55 bits per heavy atom. The molecular weight excluding hydrogens is 437 g/mol. The third kappa shape index (κ3) is 6.06. The summed E-state index contributed by atoms with van der Waals surface area (Å²) in [4.78, 5) is 21.4. The van der Waals surface area contributed by atoms with Gasteiger partial charge in [0.15, 0.2) is 0 Å². The van der Waals surface area contributed by atoms with Gasteiger partial charge in [-0.2, -0.15) is 4.98 Å². The lowest BCUT2D eigenvalue weighted by Crippen LogP contribution is -2.51. The van der Waals surface area contributed by atoms with Crippen molar-refractivity contribution < 1.29 is 9.32 Å². The number of piperidine rings is 1. The van der Waals surface area contributed by atoms with Crippen LogP contribution in [0, 0.1) is 5.92 Å². The summed E-state index contributed by atoms with van der Waals surface area (Å²) in [6.07, 6.45) is 2.09. The average Bonchev–Trinajstić information content (AvgIpc) is 3.18. The molecule has 10 heteroatoms. The van der Waals surface area contributed by atoms with Gasteiger partial charge >= 0.3 is 0 Å². The van der Waals surface area contributed by atoms with Gasteiger partial charge in [-0.25, -0.2) is 0 Å². The Labute approximate surface area is 188 Å². The maximum absolute atomic E-state index is 12.6. The molecule has 1 aromatic heterocycles. The van der Waals surface area contributed by atoms with Gasteiger partial charge in [-0.15, -0.1) is 24.8 Å². The van der Waals surface area contributed by atoms with Crippen molar-refractivity contribution in [3.8, 4) is 11.4 Å². The van der Waals surface area contributed by atoms with E-state index in [1.165, 1.54) is 0 Å². The standard InChI is InChI=1S/C19H24ClN5O2.2ClH/c20-16-5-3-14(4-6-16)18-22-17(27-23-18)13-24-8-10-25(11-9-24)19(26)15-2-1-7-21-12-15;;/h3-6,15,21H,1-2,7-13H2;2*1H. The highest BCUT2D eigenvalue weighted by Gasteiger charge is 2.28. The first-order chi connectivity index (χ1) is 13.2. The van der Waals surface area contributed by atoms with Gasteiger partial charge in [-0.05, 0) is 43.7 Å². The lowest BCUT2D eigenvalue weighted by Gasteiger charge is -2.36. The van der Waals surface area contributed by atoms with E-state index in [0.29, 0.717) is 29.2 Å². The third-order valence-electron chi connectivity index (χ3n) is 5.26. The second-order valence-electron chi connectivity index (χ2n) is 7.16. The normalized spacial score (nSPS) is 19.9. The lowest BCUT2D eigenvalue weighted by atomic mass is 9.98. The zero-order chi connectivity index (χ0) is 18.6. The third-order valence-corrected chi connectivity index (χ3v) is 5.51. The molecule has 0 spiro atoms. The largest absolute Gasteiger partial charge is 0.340 e. The lowest BCUT2D eigenvalue weighted by molar-refractivity contribution is -0.138. The molecule has 2 aliphatic heterocycles. The molecule has 0 aliphatic carbocycles. The fourth-order valence-corrected chi connectivity index (χ4v) is 3.80. The number of piperazine rings is 1. The molecule has 160 valence electrons. The molecule has 2 aliphatic rings. The van der Waals surface area contributed by atoms with Crippen molar-refractivity contribution in [2.24, 2.45) is 5.92 Å². The molecule has 0 bridgehead atoms. The van der Waals surface area contributed by atoms with Crippen LogP contribution in [0.4, 0.5) is 0 Å². The summed E-state index contributed by atoms with van der Waals surface area (Å²) in [5.41, 5.74) is 0.880. The van der Waals surface area contributed by atoms with Crippen LogP contribution in [-0.4, -0.2) is 65.1 Å². The highest BCUT2D eigenvalue weighted by molar-refractivity contribution is 6.30.